The third kappa shape index (κ3) is 2.99. The zero-order chi connectivity index (χ0) is 19.8. The maximum atomic E-state index is 7.22. The minimum absolute atomic E-state index is 0.655. The van der Waals surface area contributed by atoms with Crippen molar-refractivity contribution in [1.29, 1.82) is 0 Å². The van der Waals surface area contributed by atoms with E-state index in [1.807, 2.05) is 36.7 Å². The van der Waals surface area contributed by atoms with Crippen LogP contribution in [-0.2, 0) is 0 Å². The summed E-state index contributed by atoms with van der Waals surface area (Å²) >= 11 is 0. The minimum atomic E-state index is 0.655. The first kappa shape index (κ1) is 17.3. The number of aromatic nitrogens is 2. The Morgan fingerprint density at radius 3 is 2.55 bits per heavy atom. The first-order valence-corrected chi connectivity index (χ1v) is 9.63. The molecule has 1 aromatic heterocycles. The second-order valence-electron chi connectivity index (χ2n) is 7.27. The molecule has 140 valence electrons. The number of anilines is 2. The largest absolute Gasteiger partial charge is 0.341 e. The van der Waals surface area contributed by atoms with Gasteiger partial charge in [0.05, 0.1) is 13.1 Å². The highest BCUT2D eigenvalue weighted by atomic mass is 15.1. The van der Waals surface area contributed by atoms with Crippen molar-refractivity contribution >= 4 is 28.3 Å². The molecule has 0 atom stereocenters. The van der Waals surface area contributed by atoms with Gasteiger partial charge in [0.2, 0.25) is 0 Å². The van der Waals surface area contributed by atoms with E-state index in [1.54, 1.807) is 6.33 Å². The molecule has 0 amide bonds. The first-order chi connectivity index (χ1) is 14.2. The molecule has 0 radical (unpaired) electrons. The van der Waals surface area contributed by atoms with Crippen molar-refractivity contribution in [2.75, 3.05) is 18.0 Å². The van der Waals surface area contributed by atoms with Crippen molar-refractivity contribution in [2.45, 2.75) is 13.3 Å². The predicted octanol–water partition coefficient (Wildman–Crippen LogP) is 5.46. The number of fused-ring (bicyclic) bond motifs is 2. The number of allylic oxidation sites excluding steroid dienone is 1. The van der Waals surface area contributed by atoms with Crippen LogP contribution in [0.25, 0.3) is 21.5 Å². The van der Waals surface area contributed by atoms with E-state index in [9.17, 15) is 0 Å². The minimum Gasteiger partial charge on any atom is -0.341 e. The van der Waals surface area contributed by atoms with E-state index in [4.69, 9.17) is 11.6 Å². The number of nitrogens with zero attached hydrogens (tertiary/aromatic N) is 5. The van der Waals surface area contributed by atoms with Crippen LogP contribution in [0.2, 0.25) is 0 Å². The van der Waals surface area contributed by atoms with E-state index < -0.39 is 0 Å². The molecule has 3 aromatic rings. The Hall–Kier alpha value is -3.78. The van der Waals surface area contributed by atoms with Crippen molar-refractivity contribution in [3.63, 3.8) is 0 Å². The van der Waals surface area contributed by atoms with E-state index in [2.05, 4.69) is 44.8 Å². The van der Waals surface area contributed by atoms with Crippen LogP contribution in [0.1, 0.15) is 18.9 Å². The lowest BCUT2D eigenvalue weighted by Crippen LogP contribution is -2.19. The van der Waals surface area contributed by atoms with Gasteiger partial charge in [0.15, 0.2) is 5.69 Å². The molecule has 2 aromatic carbocycles. The SMILES string of the molecule is [C-]#[N+]c1ccc(N2CCC3=C(C(C)=NC3)c3ccc(-c4cncnc4)cc32)cc1. The van der Waals surface area contributed by atoms with Gasteiger partial charge in [-0.1, -0.05) is 24.3 Å². The van der Waals surface area contributed by atoms with Crippen LogP contribution >= 0.6 is 0 Å². The zero-order valence-corrected chi connectivity index (χ0v) is 16.1. The van der Waals surface area contributed by atoms with Gasteiger partial charge in [-0.05, 0) is 42.7 Å². The van der Waals surface area contributed by atoms with Gasteiger partial charge < -0.3 is 4.90 Å². The maximum absolute atomic E-state index is 7.22. The van der Waals surface area contributed by atoms with Gasteiger partial charge in [0.25, 0.3) is 0 Å². The molecule has 0 N–H and O–H groups in total. The molecular formula is C24H19N5. The lowest BCUT2D eigenvalue weighted by molar-refractivity contribution is 0.895. The van der Waals surface area contributed by atoms with E-state index in [0.29, 0.717) is 5.69 Å². The highest BCUT2D eigenvalue weighted by Gasteiger charge is 2.27. The standard InChI is InChI=1S/C24H19N5/c1-16-24-18(14-28-16)9-10-29(21-6-4-20(25-2)5-7-21)23-11-17(3-8-22(23)24)19-12-26-15-27-13-19/h3-8,11-13,15H,9-10,14H2,1H3. The smallest absolute Gasteiger partial charge is 0.187 e. The zero-order valence-electron chi connectivity index (χ0n) is 16.1. The van der Waals surface area contributed by atoms with Gasteiger partial charge in [-0.25, -0.2) is 14.8 Å². The summed E-state index contributed by atoms with van der Waals surface area (Å²) in [5.41, 5.74) is 10.0. The Bertz CT molecular complexity index is 1180. The van der Waals surface area contributed by atoms with Crippen LogP contribution in [0.15, 0.2) is 71.8 Å². The van der Waals surface area contributed by atoms with Crippen LogP contribution in [-0.4, -0.2) is 28.8 Å². The van der Waals surface area contributed by atoms with Crippen LogP contribution in [0.3, 0.4) is 0 Å². The lowest BCUT2D eigenvalue weighted by atomic mass is 9.94. The molecule has 0 spiro atoms. The van der Waals surface area contributed by atoms with E-state index in [-0.39, 0.29) is 0 Å². The Morgan fingerprint density at radius 2 is 1.79 bits per heavy atom. The van der Waals surface area contributed by atoms with Crippen LogP contribution in [0, 0.1) is 6.57 Å². The third-order valence-electron chi connectivity index (χ3n) is 5.60. The Balaban J connectivity index is 1.68. The van der Waals surface area contributed by atoms with Crippen LogP contribution in [0.5, 0.6) is 0 Å². The van der Waals surface area contributed by atoms with Crippen molar-refractivity contribution in [2.24, 2.45) is 4.99 Å². The molecule has 5 nitrogen and oxygen atoms in total. The average molecular weight is 377 g/mol. The van der Waals surface area contributed by atoms with Crippen molar-refractivity contribution in [3.8, 4) is 11.1 Å². The molecule has 0 bridgehead atoms. The van der Waals surface area contributed by atoms with Gasteiger partial charge in [-0.2, -0.15) is 0 Å². The molecule has 0 saturated carbocycles. The molecule has 2 aliphatic heterocycles. The molecule has 5 rings (SSSR count). The van der Waals surface area contributed by atoms with Crippen LogP contribution in [0.4, 0.5) is 17.1 Å². The van der Waals surface area contributed by atoms with Crippen molar-refractivity contribution < 1.29 is 0 Å². The maximum Gasteiger partial charge on any atom is 0.187 e. The third-order valence-corrected chi connectivity index (χ3v) is 5.60. The Morgan fingerprint density at radius 1 is 1.00 bits per heavy atom. The summed E-state index contributed by atoms with van der Waals surface area (Å²) in [6.45, 7) is 11.0. The van der Waals surface area contributed by atoms with Crippen molar-refractivity contribution in [1.82, 2.24) is 9.97 Å². The fourth-order valence-corrected chi connectivity index (χ4v) is 4.15. The van der Waals surface area contributed by atoms with Gasteiger partial charge in [-0.3, -0.25) is 4.99 Å². The molecule has 0 saturated heterocycles. The monoisotopic (exact) mass is 377 g/mol. The normalized spacial score (nSPS) is 15.3. The second-order valence-corrected chi connectivity index (χ2v) is 7.27. The summed E-state index contributed by atoms with van der Waals surface area (Å²) in [4.78, 5) is 18.9. The topological polar surface area (TPSA) is 45.7 Å². The molecule has 0 unspecified atom stereocenters. The molecule has 5 heteroatoms. The number of aliphatic imine (C=N–C) groups is 1. The predicted molar refractivity (Wildman–Crippen MR) is 117 cm³/mol. The van der Waals surface area contributed by atoms with Gasteiger partial charge >= 0.3 is 0 Å². The fourth-order valence-electron chi connectivity index (χ4n) is 4.15. The summed E-state index contributed by atoms with van der Waals surface area (Å²) in [5, 5.41) is 0. The fraction of sp³-hybridized carbons (Fsp3) is 0.167. The summed E-state index contributed by atoms with van der Waals surface area (Å²) in [6, 6.07) is 14.4. The molecule has 3 heterocycles. The number of rotatable bonds is 2. The highest BCUT2D eigenvalue weighted by Crippen LogP contribution is 2.42. The van der Waals surface area contributed by atoms with Gasteiger partial charge in [0.1, 0.15) is 6.33 Å². The highest BCUT2D eigenvalue weighted by molar-refractivity contribution is 6.27. The lowest BCUT2D eigenvalue weighted by Gasteiger charge is -2.26. The van der Waals surface area contributed by atoms with Crippen molar-refractivity contribution in [3.05, 3.63) is 83.7 Å². The average Bonchev–Trinajstić information content (AvgIpc) is 3.06. The number of benzene rings is 2. The molecule has 0 aliphatic carbocycles. The van der Waals surface area contributed by atoms with Gasteiger partial charge in [-0.15, -0.1) is 0 Å². The molecule has 29 heavy (non-hydrogen) atoms. The molecule has 0 fully saturated rings. The number of hydrogen-bond acceptors (Lipinski definition) is 4. The summed E-state index contributed by atoms with van der Waals surface area (Å²) in [5.74, 6) is 0. The Kier molecular flexibility index (Phi) is 4.18. The molecule has 2 aliphatic rings. The Labute approximate surface area is 169 Å². The summed E-state index contributed by atoms with van der Waals surface area (Å²) < 4.78 is 0. The van der Waals surface area contributed by atoms with E-state index in [0.717, 1.165) is 47.7 Å². The summed E-state index contributed by atoms with van der Waals surface area (Å²) in [6.07, 6.45) is 6.20. The van der Waals surface area contributed by atoms with Crippen LogP contribution < -0.4 is 4.90 Å². The van der Waals surface area contributed by atoms with Gasteiger partial charge in [0, 0.05) is 52.7 Å². The number of hydrogen-bond donors (Lipinski definition) is 0. The summed E-state index contributed by atoms with van der Waals surface area (Å²) in [7, 11) is 0. The quantitative estimate of drug-likeness (QED) is 0.557. The second kappa shape index (κ2) is 6.99. The van der Waals surface area contributed by atoms with E-state index in [1.165, 1.54) is 16.7 Å². The molecular weight excluding hydrogens is 358 g/mol. The first-order valence-electron chi connectivity index (χ1n) is 9.63. The van der Waals surface area contributed by atoms with E-state index >= 15 is 0 Å².